The Kier molecular flexibility index (Phi) is 2.45. The Bertz CT molecular complexity index is 124. The third-order valence-electron chi connectivity index (χ3n) is 0.473. The first-order chi connectivity index (χ1) is 3.68. The van der Waals surface area contributed by atoms with Gasteiger partial charge in [0.25, 0.3) is 0 Å². The van der Waals surface area contributed by atoms with Crippen LogP contribution in [0.2, 0.25) is 0 Å². The van der Waals surface area contributed by atoms with Gasteiger partial charge < -0.3 is 0 Å². The standard InChI is InChI=1S/C4H6N2O2/c1-3-5-4(7)6(2)8/h1,8H,2H3,(H,5,7). The van der Waals surface area contributed by atoms with Crippen molar-refractivity contribution in [1.82, 2.24) is 10.4 Å². The van der Waals surface area contributed by atoms with E-state index in [-0.39, 0.29) is 0 Å². The summed E-state index contributed by atoms with van der Waals surface area (Å²) in [6.07, 6.45) is 4.65. The van der Waals surface area contributed by atoms with Gasteiger partial charge in [-0.2, -0.15) is 0 Å². The van der Waals surface area contributed by atoms with Gasteiger partial charge in [-0.25, -0.2) is 9.86 Å². The quantitative estimate of drug-likeness (QED) is 0.195. The molecule has 0 saturated carbocycles. The number of rotatable bonds is 0. The third-order valence-corrected chi connectivity index (χ3v) is 0.473. The molecule has 0 radical (unpaired) electrons. The van der Waals surface area contributed by atoms with Gasteiger partial charge in [-0.1, -0.05) is 6.42 Å². The molecule has 0 aromatic carbocycles. The van der Waals surface area contributed by atoms with Crippen LogP contribution in [0.4, 0.5) is 4.79 Å². The molecule has 0 aromatic heterocycles. The van der Waals surface area contributed by atoms with E-state index >= 15 is 0 Å². The molecule has 8 heavy (non-hydrogen) atoms. The van der Waals surface area contributed by atoms with Crippen LogP contribution >= 0.6 is 0 Å². The molecule has 0 saturated heterocycles. The minimum atomic E-state index is -0.715. The summed E-state index contributed by atoms with van der Waals surface area (Å²) in [5.41, 5.74) is 0. The molecule has 2 amide bonds. The van der Waals surface area contributed by atoms with E-state index in [1.54, 1.807) is 0 Å². The summed E-state index contributed by atoms with van der Waals surface area (Å²) in [4.78, 5) is 10.2. The molecule has 0 atom stereocenters. The van der Waals surface area contributed by atoms with Crippen molar-refractivity contribution in [1.29, 1.82) is 0 Å². The molecule has 44 valence electrons. The van der Waals surface area contributed by atoms with Gasteiger partial charge in [0.15, 0.2) is 0 Å². The first kappa shape index (κ1) is 6.79. The van der Waals surface area contributed by atoms with E-state index in [0.29, 0.717) is 5.06 Å². The fourth-order valence-electron chi connectivity index (χ4n) is 0.143. The van der Waals surface area contributed by atoms with Crippen LogP contribution in [0.5, 0.6) is 0 Å². The average molecular weight is 114 g/mol. The highest BCUT2D eigenvalue weighted by molar-refractivity contribution is 5.74. The lowest BCUT2D eigenvalue weighted by Gasteiger charge is -2.03. The second-order valence-electron chi connectivity index (χ2n) is 1.10. The lowest BCUT2D eigenvalue weighted by atomic mass is 10.9. The molecule has 0 fully saturated rings. The van der Waals surface area contributed by atoms with E-state index in [4.69, 9.17) is 5.21 Å². The number of nitrogens with one attached hydrogen (secondary N) is 1. The second kappa shape index (κ2) is 2.88. The Morgan fingerprint density at radius 2 is 2.50 bits per heavy atom. The first-order valence-electron chi connectivity index (χ1n) is 1.86. The predicted octanol–water partition coefficient (Wildman–Crippen LogP) is -0.392. The van der Waals surface area contributed by atoms with Crippen LogP contribution in [0.3, 0.4) is 0 Å². The number of urea groups is 1. The van der Waals surface area contributed by atoms with Crippen molar-refractivity contribution in [2.24, 2.45) is 0 Å². The second-order valence-corrected chi connectivity index (χ2v) is 1.10. The molecule has 0 heterocycles. The lowest BCUT2D eigenvalue weighted by molar-refractivity contribution is -0.0165. The van der Waals surface area contributed by atoms with Gasteiger partial charge in [0.05, 0.1) is 0 Å². The van der Waals surface area contributed by atoms with Crippen LogP contribution in [0.15, 0.2) is 0 Å². The van der Waals surface area contributed by atoms with E-state index in [1.165, 1.54) is 7.05 Å². The van der Waals surface area contributed by atoms with Gasteiger partial charge in [0.1, 0.15) is 0 Å². The molecule has 0 aliphatic heterocycles. The zero-order chi connectivity index (χ0) is 6.57. The summed E-state index contributed by atoms with van der Waals surface area (Å²) in [7, 11) is 1.17. The zero-order valence-electron chi connectivity index (χ0n) is 4.38. The van der Waals surface area contributed by atoms with Crippen LogP contribution in [0.1, 0.15) is 0 Å². The number of amides is 2. The van der Waals surface area contributed by atoms with Gasteiger partial charge in [0, 0.05) is 13.1 Å². The molecule has 4 heteroatoms. The summed E-state index contributed by atoms with van der Waals surface area (Å²) in [6.45, 7) is 0. The minimum Gasteiger partial charge on any atom is -0.285 e. The SMILES string of the molecule is C#CNC(=O)N(C)O. The summed E-state index contributed by atoms with van der Waals surface area (Å²) in [5, 5.41) is 10.5. The summed E-state index contributed by atoms with van der Waals surface area (Å²) >= 11 is 0. The maximum Gasteiger partial charge on any atom is 0.352 e. The predicted molar refractivity (Wildman–Crippen MR) is 26.9 cm³/mol. The van der Waals surface area contributed by atoms with Crippen molar-refractivity contribution < 1.29 is 10.0 Å². The smallest absolute Gasteiger partial charge is 0.285 e. The molecule has 0 aromatic rings. The fraction of sp³-hybridized carbons (Fsp3) is 0.250. The molecule has 0 aliphatic carbocycles. The number of hydroxylamine groups is 2. The van der Waals surface area contributed by atoms with Gasteiger partial charge in [-0.05, 0) is 0 Å². The first-order valence-corrected chi connectivity index (χ1v) is 1.86. The van der Waals surface area contributed by atoms with E-state index in [9.17, 15) is 4.79 Å². The van der Waals surface area contributed by atoms with E-state index in [1.807, 2.05) is 11.4 Å². The number of hydrogen-bond donors (Lipinski definition) is 2. The van der Waals surface area contributed by atoms with E-state index in [2.05, 4.69) is 6.42 Å². The highest BCUT2D eigenvalue weighted by Gasteiger charge is 1.98. The molecular weight excluding hydrogens is 108 g/mol. The normalized spacial score (nSPS) is 7.12. The van der Waals surface area contributed by atoms with Crippen molar-refractivity contribution in [2.75, 3.05) is 7.05 Å². The topological polar surface area (TPSA) is 52.6 Å². The number of carbonyl (C=O) groups is 1. The van der Waals surface area contributed by atoms with Crippen molar-refractivity contribution >= 4 is 6.03 Å². The summed E-state index contributed by atoms with van der Waals surface area (Å²) < 4.78 is 0. The summed E-state index contributed by atoms with van der Waals surface area (Å²) in [6, 6.07) is 1.13. The highest BCUT2D eigenvalue weighted by Crippen LogP contribution is 1.71. The van der Waals surface area contributed by atoms with Gasteiger partial charge in [-0.3, -0.25) is 10.5 Å². The molecule has 0 aliphatic rings. The van der Waals surface area contributed by atoms with Crippen molar-refractivity contribution in [3.05, 3.63) is 0 Å². The van der Waals surface area contributed by atoms with Gasteiger partial charge >= 0.3 is 6.03 Å². The Labute approximate surface area is 47.1 Å². The Morgan fingerprint density at radius 1 is 2.00 bits per heavy atom. The Hall–Kier alpha value is -1.21. The largest absolute Gasteiger partial charge is 0.352 e. The van der Waals surface area contributed by atoms with Crippen LogP contribution in [0.25, 0.3) is 0 Å². The summed E-state index contributed by atoms with van der Waals surface area (Å²) in [5.74, 6) is 0. The van der Waals surface area contributed by atoms with Crippen molar-refractivity contribution in [2.45, 2.75) is 0 Å². The van der Waals surface area contributed by atoms with Gasteiger partial charge in [-0.15, -0.1) is 0 Å². The van der Waals surface area contributed by atoms with E-state index < -0.39 is 6.03 Å². The fourth-order valence-corrected chi connectivity index (χ4v) is 0.143. The monoisotopic (exact) mass is 114 g/mol. The van der Waals surface area contributed by atoms with Crippen LogP contribution in [-0.2, 0) is 0 Å². The van der Waals surface area contributed by atoms with Crippen LogP contribution in [-0.4, -0.2) is 23.3 Å². The maximum atomic E-state index is 10.2. The molecule has 0 unspecified atom stereocenters. The molecule has 0 bridgehead atoms. The molecule has 4 nitrogen and oxygen atoms in total. The lowest BCUT2D eigenvalue weighted by Crippen LogP contribution is -2.31. The molecular formula is C4H6N2O2. The van der Waals surface area contributed by atoms with Crippen LogP contribution < -0.4 is 5.32 Å². The van der Waals surface area contributed by atoms with Crippen LogP contribution in [0, 0.1) is 12.5 Å². The number of terminal acetylenes is 1. The number of nitrogens with zero attached hydrogens (tertiary/aromatic N) is 1. The Balaban J connectivity index is 3.53. The molecule has 0 spiro atoms. The minimum absolute atomic E-state index is 0.361. The third kappa shape index (κ3) is 2.05. The zero-order valence-corrected chi connectivity index (χ0v) is 4.38. The average Bonchev–Trinajstić information content (AvgIpc) is 1.67. The number of hydrogen-bond acceptors (Lipinski definition) is 2. The highest BCUT2D eigenvalue weighted by atomic mass is 16.5. The van der Waals surface area contributed by atoms with Gasteiger partial charge in [0.2, 0.25) is 0 Å². The van der Waals surface area contributed by atoms with Crippen molar-refractivity contribution in [3.63, 3.8) is 0 Å². The maximum absolute atomic E-state index is 10.2. The van der Waals surface area contributed by atoms with Crippen molar-refractivity contribution in [3.8, 4) is 12.5 Å². The Morgan fingerprint density at radius 3 is 2.62 bits per heavy atom. The molecule has 2 N–H and O–H groups in total. The van der Waals surface area contributed by atoms with E-state index in [0.717, 1.165) is 0 Å². The number of carbonyl (C=O) groups excluding carboxylic acids is 1. The molecule has 0 rings (SSSR count).